The van der Waals surface area contributed by atoms with Crippen LogP contribution in [0.5, 0.6) is 0 Å². The average molecular weight is 227 g/mol. The number of hydrogen-bond acceptors (Lipinski definition) is 3. The normalized spacial score (nSPS) is 25.7. The fourth-order valence-electron chi connectivity index (χ4n) is 2.41. The summed E-state index contributed by atoms with van der Waals surface area (Å²) in [5.74, 6) is 0. The van der Waals surface area contributed by atoms with Crippen LogP contribution >= 0.6 is 0 Å². The second kappa shape index (κ2) is 4.63. The third-order valence-corrected chi connectivity index (χ3v) is 3.68. The summed E-state index contributed by atoms with van der Waals surface area (Å²) in [7, 11) is 0. The van der Waals surface area contributed by atoms with Crippen LogP contribution in [0.15, 0.2) is 0 Å². The number of nitrogens with zero attached hydrogens (tertiary/aromatic N) is 1. The molecule has 16 heavy (non-hydrogen) atoms. The minimum absolute atomic E-state index is 0.00117. The Morgan fingerprint density at radius 2 is 1.81 bits per heavy atom. The van der Waals surface area contributed by atoms with E-state index in [0.717, 1.165) is 26.4 Å². The SMILES string of the molecule is CC(C)(C)OCCN1CCC2(CC1)COC2. The summed E-state index contributed by atoms with van der Waals surface area (Å²) in [6, 6.07) is 0. The van der Waals surface area contributed by atoms with E-state index in [1.165, 1.54) is 25.9 Å². The summed E-state index contributed by atoms with van der Waals surface area (Å²) >= 11 is 0. The predicted molar refractivity (Wildman–Crippen MR) is 64.6 cm³/mol. The highest BCUT2D eigenvalue weighted by Gasteiger charge is 2.40. The minimum atomic E-state index is -0.00117. The van der Waals surface area contributed by atoms with Crippen LogP contribution in [-0.2, 0) is 9.47 Å². The molecule has 0 radical (unpaired) electrons. The molecule has 2 saturated heterocycles. The first-order valence-electron chi connectivity index (χ1n) is 6.43. The topological polar surface area (TPSA) is 21.7 Å². The van der Waals surface area contributed by atoms with Crippen molar-refractivity contribution in [2.45, 2.75) is 39.2 Å². The lowest BCUT2D eigenvalue weighted by Gasteiger charge is -2.47. The fourth-order valence-corrected chi connectivity index (χ4v) is 2.41. The molecule has 94 valence electrons. The molecule has 0 aliphatic carbocycles. The summed E-state index contributed by atoms with van der Waals surface area (Å²) in [5.41, 5.74) is 0.556. The van der Waals surface area contributed by atoms with Crippen molar-refractivity contribution in [3.8, 4) is 0 Å². The van der Waals surface area contributed by atoms with E-state index in [4.69, 9.17) is 9.47 Å². The van der Waals surface area contributed by atoms with Gasteiger partial charge in [-0.2, -0.15) is 0 Å². The number of rotatable bonds is 3. The van der Waals surface area contributed by atoms with Crippen molar-refractivity contribution >= 4 is 0 Å². The van der Waals surface area contributed by atoms with Crippen LogP contribution in [0.2, 0.25) is 0 Å². The molecule has 3 heteroatoms. The second-order valence-corrected chi connectivity index (χ2v) is 6.30. The molecular weight excluding hydrogens is 202 g/mol. The van der Waals surface area contributed by atoms with E-state index in [-0.39, 0.29) is 5.60 Å². The van der Waals surface area contributed by atoms with E-state index in [2.05, 4.69) is 25.7 Å². The number of ether oxygens (including phenoxy) is 2. The highest BCUT2D eigenvalue weighted by atomic mass is 16.5. The summed E-state index contributed by atoms with van der Waals surface area (Å²) in [4.78, 5) is 2.52. The molecule has 0 amide bonds. The zero-order chi connectivity index (χ0) is 11.6. The van der Waals surface area contributed by atoms with Crippen molar-refractivity contribution in [2.75, 3.05) is 39.5 Å². The molecule has 1 spiro atoms. The Labute approximate surface area is 99.1 Å². The van der Waals surface area contributed by atoms with Gasteiger partial charge in [0, 0.05) is 12.0 Å². The lowest BCUT2D eigenvalue weighted by atomic mass is 9.77. The van der Waals surface area contributed by atoms with Gasteiger partial charge >= 0.3 is 0 Å². The highest BCUT2D eigenvalue weighted by molar-refractivity contribution is 4.90. The van der Waals surface area contributed by atoms with E-state index in [9.17, 15) is 0 Å². The maximum absolute atomic E-state index is 5.76. The molecule has 2 rings (SSSR count). The monoisotopic (exact) mass is 227 g/mol. The van der Waals surface area contributed by atoms with Crippen LogP contribution in [0.3, 0.4) is 0 Å². The predicted octanol–water partition coefficient (Wildman–Crippen LogP) is 1.91. The van der Waals surface area contributed by atoms with Gasteiger partial charge in [0.2, 0.25) is 0 Å². The summed E-state index contributed by atoms with van der Waals surface area (Å²) in [5, 5.41) is 0. The first-order chi connectivity index (χ1) is 7.49. The van der Waals surface area contributed by atoms with Crippen molar-refractivity contribution in [3.05, 3.63) is 0 Å². The molecule has 0 bridgehead atoms. The van der Waals surface area contributed by atoms with E-state index < -0.39 is 0 Å². The van der Waals surface area contributed by atoms with Gasteiger partial charge in [0.25, 0.3) is 0 Å². The van der Waals surface area contributed by atoms with Crippen LogP contribution in [0.25, 0.3) is 0 Å². The average Bonchev–Trinajstić information content (AvgIpc) is 2.14. The smallest absolute Gasteiger partial charge is 0.0600 e. The molecule has 0 aromatic rings. The van der Waals surface area contributed by atoms with Crippen molar-refractivity contribution in [3.63, 3.8) is 0 Å². The highest BCUT2D eigenvalue weighted by Crippen LogP contribution is 2.38. The fraction of sp³-hybridized carbons (Fsp3) is 1.00. The molecule has 0 aromatic carbocycles. The van der Waals surface area contributed by atoms with Gasteiger partial charge in [-0.25, -0.2) is 0 Å². The Balaban J connectivity index is 1.62. The van der Waals surface area contributed by atoms with Crippen LogP contribution in [0.1, 0.15) is 33.6 Å². The Morgan fingerprint density at radius 3 is 2.25 bits per heavy atom. The molecule has 2 aliphatic heterocycles. The van der Waals surface area contributed by atoms with E-state index in [1.807, 2.05) is 0 Å². The zero-order valence-electron chi connectivity index (χ0n) is 10.9. The molecule has 2 fully saturated rings. The second-order valence-electron chi connectivity index (χ2n) is 6.30. The molecule has 0 atom stereocenters. The van der Waals surface area contributed by atoms with Crippen molar-refractivity contribution in [2.24, 2.45) is 5.41 Å². The molecule has 3 nitrogen and oxygen atoms in total. The summed E-state index contributed by atoms with van der Waals surface area (Å²) in [6.45, 7) is 12.7. The molecule has 2 aliphatic rings. The third-order valence-electron chi connectivity index (χ3n) is 3.68. The van der Waals surface area contributed by atoms with Gasteiger partial charge in [-0.3, -0.25) is 0 Å². The van der Waals surface area contributed by atoms with Crippen molar-refractivity contribution < 1.29 is 9.47 Å². The molecule has 0 aromatic heterocycles. The Morgan fingerprint density at radius 1 is 1.19 bits per heavy atom. The molecule has 2 heterocycles. The standard InChI is InChI=1S/C13H25NO2/c1-12(2,3)16-9-8-14-6-4-13(5-7-14)10-15-11-13/h4-11H2,1-3H3. The summed E-state index contributed by atoms with van der Waals surface area (Å²) in [6.07, 6.45) is 2.62. The minimum Gasteiger partial charge on any atom is -0.380 e. The quantitative estimate of drug-likeness (QED) is 0.735. The number of piperidine rings is 1. The van der Waals surface area contributed by atoms with Crippen LogP contribution in [0, 0.1) is 5.41 Å². The molecule has 0 saturated carbocycles. The molecular formula is C13H25NO2. The number of hydrogen-bond donors (Lipinski definition) is 0. The lowest BCUT2D eigenvalue weighted by molar-refractivity contribution is -0.141. The molecule has 0 N–H and O–H groups in total. The Hall–Kier alpha value is -0.120. The number of likely N-dealkylation sites (tertiary alicyclic amines) is 1. The zero-order valence-corrected chi connectivity index (χ0v) is 10.9. The van der Waals surface area contributed by atoms with Crippen LogP contribution < -0.4 is 0 Å². The summed E-state index contributed by atoms with van der Waals surface area (Å²) < 4.78 is 11.1. The maximum Gasteiger partial charge on any atom is 0.0600 e. The van der Waals surface area contributed by atoms with Gasteiger partial charge in [-0.15, -0.1) is 0 Å². The van der Waals surface area contributed by atoms with Gasteiger partial charge in [0.15, 0.2) is 0 Å². The van der Waals surface area contributed by atoms with Gasteiger partial charge < -0.3 is 14.4 Å². The van der Waals surface area contributed by atoms with Crippen molar-refractivity contribution in [1.29, 1.82) is 0 Å². The van der Waals surface area contributed by atoms with Gasteiger partial charge in [0.05, 0.1) is 25.4 Å². The van der Waals surface area contributed by atoms with Crippen molar-refractivity contribution in [1.82, 2.24) is 4.90 Å². The largest absolute Gasteiger partial charge is 0.380 e. The Bertz CT molecular complexity index is 221. The lowest BCUT2D eigenvalue weighted by Crippen LogP contribution is -2.51. The van der Waals surface area contributed by atoms with E-state index in [0.29, 0.717) is 5.41 Å². The van der Waals surface area contributed by atoms with Crippen LogP contribution in [-0.4, -0.2) is 50.0 Å². The maximum atomic E-state index is 5.76. The van der Waals surface area contributed by atoms with Gasteiger partial charge in [-0.05, 0) is 46.7 Å². The van der Waals surface area contributed by atoms with E-state index in [1.54, 1.807) is 0 Å². The first kappa shape index (κ1) is 12.3. The van der Waals surface area contributed by atoms with Gasteiger partial charge in [0.1, 0.15) is 0 Å². The first-order valence-corrected chi connectivity index (χ1v) is 6.43. The van der Waals surface area contributed by atoms with Crippen LogP contribution in [0.4, 0.5) is 0 Å². The van der Waals surface area contributed by atoms with Gasteiger partial charge in [-0.1, -0.05) is 0 Å². The Kier molecular flexibility index (Phi) is 3.57. The third kappa shape index (κ3) is 3.19. The molecule has 0 unspecified atom stereocenters. The van der Waals surface area contributed by atoms with E-state index >= 15 is 0 Å².